The van der Waals surface area contributed by atoms with Crippen molar-refractivity contribution < 1.29 is 9.90 Å². The summed E-state index contributed by atoms with van der Waals surface area (Å²) in [5, 5.41) is 9.35. The minimum Gasteiger partial charge on any atom is -0.478 e. The largest absolute Gasteiger partial charge is 0.478 e. The molecule has 1 unspecified atom stereocenters. The quantitative estimate of drug-likeness (QED) is 0.870. The van der Waals surface area contributed by atoms with E-state index in [0.717, 1.165) is 30.6 Å². The van der Waals surface area contributed by atoms with E-state index < -0.39 is 5.97 Å². The van der Waals surface area contributed by atoms with E-state index in [4.69, 9.17) is 0 Å². The third-order valence-corrected chi connectivity index (χ3v) is 3.74. The van der Waals surface area contributed by atoms with Crippen LogP contribution in [0.3, 0.4) is 0 Å². The van der Waals surface area contributed by atoms with Gasteiger partial charge in [-0.1, -0.05) is 24.5 Å². The summed E-state index contributed by atoms with van der Waals surface area (Å²) in [4.78, 5) is 13.6. The van der Waals surface area contributed by atoms with Gasteiger partial charge in [-0.15, -0.1) is 0 Å². The predicted octanol–water partition coefficient (Wildman–Crippen LogP) is 3.46. The van der Waals surface area contributed by atoms with Crippen molar-refractivity contribution in [1.82, 2.24) is 0 Å². The number of carboxylic acids is 1. The second kappa shape index (κ2) is 5.42. The number of benzene rings is 1. The maximum absolute atomic E-state index is 11.4. The highest BCUT2D eigenvalue weighted by molar-refractivity contribution is 5.94. The highest BCUT2D eigenvalue weighted by Crippen LogP contribution is 2.28. The summed E-state index contributed by atoms with van der Waals surface area (Å²) in [6, 6.07) is 6.16. The lowest BCUT2D eigenvalue weighted by atomic mass is 10.1. The minimum absolute atomic E-state index is 0.424. The van der Waals surface area contributed by atoms with Crippen LogP contribution >= 0.6 is 0 Å². The number of hydrogen-bond acceptors (Lipinski definition) is 2. The fourth-order valence-electron chi connectivity index (χ4n) is 2.70. The Balaban J connectivity index is 2.39. The van der Waals surface area contributed by atoms with E-state index in [1.165, 1.54) is 12.8 Å². The number of nitrogens with zero attached hydrogens (tertiary/aromatic N) is 1. The molecule has 18 heavy (non-hydrogen) atoms. The Morgan fingerprint density at radius 1 is 1.33 bits per heavy atom. The lowest BCUT2D eigenvalue weighted by Crippen LogP contribution is -2.33. The van der Waals surface area contributed by atoms with Crippen molar-refractivity contribution in [2.45, 2.75) is 45.6 Å². The molecule has 1 heterocycles. The number of anilines is 1. The van der Waals surface area contributed by atoms with E-state index in [1.54, 1.807) is 6.07 Å². The molecule has 1 aliphatic heterocycles. The van der Waals surface area contributed by atoms with Gasteiger partial charge in [-0.25, -0.2) is 4.79 Å². The van der Waals surface area contributed by atoms with Crippen molar-refractivity contribution in [2.75, 3.05) is 11.4 Å². The van der Waals surface area contributed by atoms with Crippen LogP contribution in [0.5, 0.6) is 0 Å². The van der Waals surface area contributed by atoms with Crippen molar-refractivity contribution in [3.63, 3.8) is 0 Å². The number of aryl methyl sites for hydroxylation is 1. The molecular formula is C15H21NO2. The summed E-state index contributed by atoms with van der Waals surface area (Å²) in [7, 11) is 0. The Morgan fingerprint density at radius 2 is 2.11 bits per heavy atom. The van der Waals surface area contributed by atoms with E-state index in [-0.39, 0.29) is 0 Å². The van der Waals surface area contributed by atoms with Gasteiger partial charge in [0.25, 0.3) is 0 Å². The number of aromatic carboxylic acids is 1. The van der Waals surface area contributed by atoms with Crippen LogP contribution in [-0.2, 0) is 0 Å². The monoisotopic (exact) mass is 247 g/mol. The Bertz CT molecular complexity index is 442. The molecule has 0 aromatic heterocycles. The van der Waals surface area contributed by atoms with Crippen molar-refractivity contribution in [3.8, 4) is 0 Å². The van der Waals surface area contributed by atoms with E-state index in [0.29, 0.717) is 11.6 Å². The van der Waals surface area contributed by atoms with Crippen LogP contribution in [0.25, 0.3) is 0 Å². The summed E-state index contributed by atoms with van der Waals surface area (Å²) in [6.45, 7) is 5.09. The minimum atomic E-state index is -0.829. The molecule has 1 fully saturated rings. The van der Waals surface area contributed by atoms with Crippen LogP contribution in [0.1, 0.15) is 48.5 Å². The molecule has 1 aromatic rings. The van der Waals surface area contributed by atoms with Gasteiger partial charge in [-0.2, -0.15) is 0 Å². The van der Waals surface area contributed by atoms with Gasteiger partial charge >= 0.3 is 5.97 Å². The van der Waals surface area contributed by atoms with Gasteiger partial charge in [0.15, 0.2) is 0 Å². The lowest BCUT2D eigenvalue weighted by molar-refractivity contribution is 0.0697. The Hall–Kier alpha value is -1.51. The van der Waals surface area contributed by atoms with Crippen molar-refractivity contribution >= 4 is 11.7 Å². The molecule has 1 aromatic carbocycles. The van der Waals surface area contributed by atoms with Crippen molar-refractivity contribution in [3.05, 3.63) is 29.3 Å². The SMILES string of the molecule is Cc1ccc(N2CCCCCC2C)c(C(=O)O)c1. The van der Waals surface area contributed by atoms with Crippen LogP contribution in [-0.4, -0.2) is 23.7 Å². The van der Waals surface area contributed by atoms with E-state index in [1.807, 2.05) is 19.1 Å². The molecule has 1 atom stereocenters. The molecule has 1 aliphatic rings. The van der Waals surface area contributed by atoms with Crippen molar-refractivity contribution in [2.24, 2.45) is 0 Å². The van der Waals surface area contributed by atoms with Crippen LogP contribution in [0.15, 0.2) is 18.2 Å². The standard InChI is InChI=1S/C15H21NO2/c1-11-7-8-14(13(10-11)15(17)18)16-9-5-3-4-6-12(16)2/h7-8,10,12H,3-6,9H2,1-2H3,(H,17,18). The Kier molecular flexibility index (Phi) is 3.90. The second-order valence-corrected chi connectivity index (χ2v) is 5.22. The molecule has 0 bridgehead atoms. The Morgan fingerprint density at radius 3 is 2.83 bits per heavy atom. The fourth-order valence-corrected chi connectivity index (χ4v) is 2.70. The molecular weight excluding hydrogens is 226 g/mol. The van der Waals surface area contributed by atoms with Gasteiger partial charge in [-0.3, -0.25) is 0 Å². The second-order valence-electron chi connectivity index (χ2n) is 5.22. The molecule has 0 amide bonds. The number of carbonyl (C=O) groups is 1. The molecule has 98 valence electrons. The van der Waals surface area contributed by atoms with Crippen LogP contribution in [0.2, 0.25) is 0 Å². The molecule has 3 nitrogen and oxygen atoms in total. The number of rotatable bonds is 2. The molecule has 2 rings (SSSR count). The van der Waals surface area contributed by atoms with Crippen LogP contribution in [0.4, 0.5) is 5.69 Å². The predicted molar refractivity (Wildman–Crippen MR) is 73.4 cm³/mol. The first kappa shape index (κ1) is 12.9. The smallest absolute Gasteiger partial charge is 0.337 e. The summed E-state index contributed by atoms with van der Waals surface area (Å²) >= 11 is 0. The van der Waals surface area contributed by atoms with Gasteiger partial charge < -0.3 is 10.0 Å². The zero-order valence-corrected chi connectivity index (χ0v) is 11.1. The highest BCUT2D eigenvalue weighted by atomic mass is 16.4. The third kappa shape index (κ3) is 2.66. The number of carboxylic acid groups (broad SMARTS) is 1. The first-order chi connectivity index (χ1) is 8.59. The highest BCUT2D eigenvalue weighted by Gasteiger charge is 2.21. The van der Waals surface area contributed by atoms with Crippen molar-refractivity contribution in [1.29, 1.82) is 0 Å². The Labute approximate surface area is 108 Å². The number of hydrogen-bond donors (Lipinski definition) is 1. The van der Waals surface area contributed by atoms with Gasteiger partial charge in [0, 0.05) is 12.6 Å². The maximum Gasteiger partial charge on any atom is 0.337 e. The molecule has 1 N–H and O–H groups in total. The summed E-state index contributed by atoms with van der Waals surface area (Å²) in [5.41, 5.74) is 2.31. The van der Waals surface area contributed by atoms with E-state index in [2.05, 4.69) is 11.8 Å². The summed E-state index contributed by atoms with van der Waals surface area (Å²) in [6.07, 6.45) is 4.78. The zero-order valence-electron chi connectivity index (χ0n) is 11.1. The molecule has 3 heteroatoms. The average Bonchev–Trinajstić information content (AvgIpc) is 2.54. The third-order valence-electron chi connectivity index (χ3n) is 3.74. The van der Waals surface area contributed by atoms with Gasteiger partial charge in [0.05, 0.1) is 11.3 Å². The fraction of sp³-hybridized carbons (Fsp3) is 0.533. The molecule has 0 aliphatic carbocycles. The topological polar surface area (TPSA) is 40.5 Å². The molecule has 1 saturated heterocycles. The first-order valence-electron chi connectivity index (χ1n) is 6.70. The van der Waals surface area contributed by atoms with Gasteiger partial charge in [0.2, 0.25) is 0 Å². The maximum atomic E-state index is 11.4. The summed E-state index contributed by atoms with van der Waals surface area (Å²) in [5.74, 6) is -0.829. The van der Waals surface area contributed by atoms with E-state index in [9.17, 15) is 9.90 Å². The average molecular weight is 247 g/mol. The molecule has 0 spiro atoms. The normalized spacial score (nSPS) is 20.6. The lowest BCUT2D eigenvalue weighted by Gasteiger charge is -2.30. The zero-order chi connectivity index (χ0) is 13.1. The molecule has 0 saturated carbocycles. The van der Waals surface area contributed by atoms with Gasteiger partial charge in [-0.05, 0) is 38.8 Å². The molecule has 0 radical (unpaired) electrons. The van der Waals surface area contributed by atoms with Gasteiger partial charge in [0.1, 0.15) is 0 Å². The van der Waals surface area contributed by atoms with E-state index >= 15 is 0 Å². The van der Waals surface area contributed by atoms with Crippen LogP contribution < -0.4 is 4.90 Å². The first-order valence-corrected chi connectivity index (χ1v) is 6.70. The van der Waals surface area contributed by atoms with Crippen LogP contribution in [0, 0.1) is 6.92 Å². The summed E-state index contributed by atoms with van der Waals surface area (Å²) < 4.78 is 0.